The number of rotatable bonds is 5. The molecule has 1 atom stereocenters. The SMILES string of the molecule is Cc1nc(Nc2ccccn2)cc([C@H]2CCCN(CC3CCOCC3)C2)n1. The number of piperidine rings is 1. The molecule has 2 fully saturated rings. The first-order chi connectivity index (χ1) is 13.3. The second kappa shape index (κ2) is 8.76. The Morgan fingerprint density at radius 2 is 2.04 bits per heavy atom. The van der Waals surface area contributed by atoms with Crippen LogP contribution in [0.2, 0.25) is 0 Å². The van der Waals surface area contributed by atoms with Crippen LogP contribution in [-0.4, -0.2) is 52.7 Å². The van der Waals surface area contributed by atoms with E-state index in [1.54, 1.807) is 6.20 Å². The van der Waals surface area contributed by atoms with Gasteiger partial charge < -0.3 is 15.0 Å². The Balaban J connectivity index is 1.43. The maximum atomic E-state index is 5.51. The van der Waals surface area contributed by atoms with Gasteiger partial charge in [-0.2, -0.15) is 0 Å². The third-order valence-electron chi connectivity index (χ3n) is 5.56. The second-order valence-electron chi connectivity index (χ2n) is 7.72. The van der Waals surface area contributed by atoms with E-state index in [-0.39, 0.29) is 0 Å². The molecule has 0 radical (unpaired) electrons. The Morgan fingerprint density at radius 3 is 2.85 bits per heavy atom. The standard InChI is InChI=1S/C21H29N5O/c1-16-23-19(13-21(24-16)25-20-6-2-3-9-22-20)18-5-4-10-26(15-18)14-17-7-11-27-12-8-17/h2-3,6,9,13,17-18H,4-5,7-8,10-12,14-15H2,1H3,(H,22,23,24,25)/t18-/m0/s1. The Labute approximate surface area is 161 Å². The van der Waals surface area contributed by atoms with E-state index >= 15 is 0 Å². The minimum absolute atomic E-state index is 0.476. The molecule has 1 N–H and O–H groups in total. The summed E-state index contributed by atoms with van der Waals surface area (Å²) in [7, 11) is 0. The van der Waals surface area contributed by atoms with Gasteiger partial charge in [-0.1, -0.05) is 6.07 Å². The van der Waals surface area contributed by atoms with E-state index in [4.69, 9.17) is 9.72 Å². The van der Waals surface area contributed by atoms with Crippen LogP contribution in [0, 0.1) is 12.8 Å². The normalized spacial score (nSPS) is 21.9. The maximum absolute atomic E-state index is 5.51. The van der Waals surface area contributed by atoms with Crippen molar-refractivity contribution in [2.45, 2.75) is 38.5 Å². The number of hydrogen-bond donors (Lipinski definition) is 1. The molecule has 0 amide bonds. The molecule has 144 valence electrons. The van der Waals surface area contributed by atoms with Crippen molar-refractivity contribution in [3.05, 3.63) is 42.0 Å². The molecule has 0 aliphatic carbocycles. The molecule has 2 aromatic heterocycles. The van der Waals surface area contributed by atoms with Gasteiger partial charge in [0, 0.05) is 44.5 Å². The van der Waals surface area contributed by atoms with Crippen LogP contribution in [0.25, 0.3) is 0 Å². The Morgan fingerprint density at radius 1 is 1.15 bits per heavy atom. The lowest BCUT2D eigenvalue weighted by atomic mass is 9.92. The monoisotopic (exact) mass is 367 g/mol. The van der Waals surface area contributed by atoms with Crippen LogP contribution in [0.3, 0.4) is 0 Å². The molecule has 2 aromatic rings. The van der Waals surface area contributed by atoms with Crippen LogP contribution >= 0.6 is 0 Å². The fourth-order valence-electron chi connectivity index (χ4n) is 4.19. The smallest absolute Gasteiger partial charge is 0.135 e. The summed E-state index contributed by atoms with van der Waals surface area (Å²) in [4.78, 5) is 16.3. The van der Waals surface area contributed by atoms with Crippen LogP contribution in [0.4, 0.5) is 11.6 Å². The van der Waals surface area contributed by atoms with Crippen LogP contribution in [0.15, 0.2) is 30.5 Å². The molecule has 0 spiro atoms. The van der Waals surface area contributed by atoms with E-state index in [0.29, 0.717) is 5.92 Å². The van der Waals surface area contributed by atoms with Gasteiger partial charge in [0.2, 0.25) is 0 Å². The van der Waals surface area contributed by atoms with Gasteiger partial charge in [-0.3, -0.25) is 0 Å². The summed E-state index contributed by atoms with van der Waals surface area (Å²) in [6.07, 6.45) is 6.62. The number of hydrogen-bond acceptors (Lipinski definition) is 6. The van der Waals surface area contributed by atoms with Gasteiger partial charge in [0.1, 0.15) is 17.5 Å². The average Bonchev–Trinajstić information content (AvgIpc) is 2.69. The van der Waals surface area contributed by atoms with E-state index in [1.165, 1.54) is 38.8 Å². The first kappa shape index (κ1) is 18.3. The van der Waals surface area contributed by atoms with Crippen LogP contribution in [0.5, 0.6) is 0 Å². The highest BCUT2D eigenvalue weighted by Crippen LogP contribution is 2.29. The summed E-state index contributed by atoms with van der Waals surface area (Å²) in [5.41, 5.74) is 1.15. The van der Waals surface area contributed by atoms with Gasteiger partial charge in [-0.15, -0.1) is 0 Å². The molecule has 4 heterocycles. The number of aromatic nitrogens is 3. The molecule has 4 rings (SSSR count). The predicted molar refractivity (Wildman–Crippen MR) is 106 cm³/mol. The summed E-state index contributed by atoms with van der Waals surface area (Å²) < 4.78 is 5.51. The molecule has 6 nitrogen and oxygen atoms in total. The van der Waals surface area contributed by atoms with Gasteiger partial charge in [0.25, 0.3) is 0 Å². The van der Waals surface area contributed by atoms with E-state index in [2.05, 4.69) is 26.3 Å². The van der Waals surface area contributed by atoms with Crippen molar-refractivity contribution in [3.8, 4) is 0 Å². The maximum Gasteiger partial charge on any atom is 0.135 e. The molecule has 6 heteroatoms. The largest absolute Gasteiger partial charge is 0.381 e. The van der Waals surface area contributed by atoms with E-state index in [9.17, 15) is 0 Å². The summed E-state index contributed by atoms with van der Waals surface area (Å²) in [5.74, 6) is 3.71. The van der Waals surface area contributed by atoms with Gasteiger partial charge >= 0.3 is 0 Å². The van der Waals surface area contributed by atoms with Crippen molar-refractivity contribution in [3.63, 3.8) is 0 Å². The van der Waals surface area contributed by atoms with Gasteiger partial charge in [0.15, 0.2) is 0 Å². The topological polar surface area (TPSA) is 63.2 Å². The number of ether oxygens (including phenoxy) is 1. The van der Waals surface area contributed by atoms with Crippen molar-refractivity contribution in [2.24, 2.45) is 5.92 Å². The summed E-state index contributed by atoms with van der Waals surface area (Å²) >= 11 is 0. The fraction of sp³-hybridized carbons (Fsp3) is 0.571. The van der Waals surface area contributed by atoms with Gasteiger partial charge in [-0.25, -0.2) is 15.0 Å². The van der Waals surface area contributed by atoms with E-state index in [0.717, 1.165) is 48.8 Å². The predicted octanol–water partition coefficient (Wildman–Crippen LogP) is 3.53. The number of nitrogens with zero attached hydrogens (tertiary/aromatic N) is 4. The van der Waals surface area contributed by atoms with Crippen molar-refractivity contribution in [1.29, 1.82) is 0 Å². The third kappa shape index (κ3) is 5.02. The van der Waals surface area contributed by atoms with Crippen molar-refractivity contribution >= 4 is 11.6 Å². The Kier molecular flexibility index (Phi) is 5.94. The molecule has 2 saturated heterocycles. The number of likely N-dealkylation sites (tertiary alicyclic amines) is 1. The number of aryl methyl sites for hydroxylation is 1. The Hall–Kier alpha value is -2.05. The lowest BCUT2D eigenvalue weighted by Gasteiger charge is -2.36. The Bertz CT molecular complexity index is 733. The van der Waals surface area contributed by atoms with Crippen LogP contribution in [-0.2, 0) is 4.74 Å². The van der Waals surface area contributed by atoms with Crippen LogP contribution in [0.1, 0.15) is 43.1 Å². The molecule has 2 aliphatic heterocycles. The lowest BCUT2D eigenvalue weighted by Crippen LogP contribution is -2.39. The van der Waals surface area contributed by atoms with Crippen molar-refractivity contribution in [2.75, 3.05) is 38.2 Å². The van der Waals surface area contributed by atoms with E-state index in [1.807, 2.05) is 25.1 Å². The minimum Gasteiger partial charge on any atom is -0.381 e. The first-order valence-electron chi connectivity index (χ1n) is 10.1. The summed E-state index contributed by atoms with van der Waals surface area (Å²) in [5, 5.41) is 3.31. The van der Waals surface area contributed by atoms with Crippen LogP contribution < -0.4 is 5.32 Å². The number of pyridine rings is 1. The van der Waals surface area contributed by atoms with Crippen molar-refractivity contribution in [1.82, 2.24) is 19.9 Å². The van der Waals surface area contributed by atoms with Gasteiger partial charge in [-0.05, 0) is 57.2 Å². The van der Waals surface area contributed by atoms with Gasteiger partial charge in [0.05, 0.1) is 5.69 Å². The third-order valence-corrected chi connectivity index (χ3v) is 5.56. The summed E-state index contributed by atoms with van der Waals surface area (Å²) in [6, 6.07) is 7.94. The lowest BCUT2D eigenvalue weighted by molar-refractivity contribution is 0.0481. The molecule has 27 heavy (non-hydrogen) atoms. The molecule has 0 unspecified atom stereocenters. The minimum atomic E-state index is 0.476. The zero-order chi connectivity index (χ0) is 18.5. The molecular weight excluding hydrogens is 338 g/mol. The highest BCUT2D eigenvalue weighted by Gasteiger charge is 2.25. The molecular formula is C21H29N5O. The zero-order valence-electron chi connectivity index (χ0n) is 16.1. The van der Waals surface area contributed by atoms with E-state index < -0.39 is 0 Å². The quantitative estimate of drug-likeness (QED) is 0.872. The zero-order valence-corrected chi connectivity index (χ0v) is 16.1. The average molecular weight is 367 g/mol. The number of nitrogens with one attached hydrogen (secondary N) is 1. The van der Waals surface area contributed by atoms with Crippen molar-refractivity contribution < 1.29 is 4.74 Å². The summed E-state index contributed by atoms with van der Waals surface area (Å²) in [6.45, 7) is 7.32. The second-order valence-corrected chi connectivity index (χ2v) is 7.72. The molecule has 0 aromatic carbocycles. The molecule has 0 saturated carbocycles. The molecule has 2 aliphatic rings. The first-order valence-corrected chi connectivity index (χ1v) is 10.1. The number of anilines is 2. The highest BCUT2D eigenvalue weighted by atomic mass is 16.5. The molecule has 0 bridgehead atoms. The highest BCUT2D eigenvalue weighted by molar-refractivity contribution is 5.51. The fourth-order valence-corrected chi connectivity index (χ4v) is 4.19.